The van der Waals surface area contributed by atoms with Crippen LogP contribution in [-0.2, 0) is 24.7 Å². The molecule has 23 heavy (non-hydrogen) atoms. The summed E-state index contributed by atoms with van der Waals surface area (Å²) >= 11 is 0. The van der Waals surface area contributed by atoms with Crippen LogP contribution >= 0.6 is 0 Å². The molecular weight excluding hydrogens is 350 g/mol. The summed E-state index contributed by atoms with van der Waals surface area (Å²) in [6.45, 7) is 4.63. The maximum atomic E-state index is 11.2. The van der Waals surface area contributed by atoms with Gasteiger partial charge in [0.05, 0.1) is 19.4 Å². The maximum Gasteiger partial charge on any atom is 1.00 e. The van der Waals surface area contributed by atoms with Crippen LogP contribution in [0.5, 0.6) is 0 Å². The maximum absolute atomic E-state index is 11.2. The smallest absolute Gasteiger partial charge is 0.759 e. The monoisotopic (exact) mass is 372 g/mol. The molecule has 0 bridgehead atoms. The van der Waals surface area contributed by atoms with Gasteiger partial charge in [-0.1, -0.05) is 33.1 Å². The molecule has 0 aromatic carbocycles. The second-order valence-electron chi connectivity index (χ2n) is 4.40. The SMILES string of the molecule is CCCCC(CC)COC(=O)CCC(=O)O.O=S(=O)([O-])[O-].[Na+].[Na+]. The zero-order chi connectivity index (χ0) is 16.9. The van der Waals surface area contributed by atoms with Crippen molar-refractivity contribution in [3.05, 3.63) is 0 Å². The third-order valence-electron chi connectivity index (χ3n) is 2.57. The molecule has 0 aromatic heterocycles. The van der Waals surface area contributed by atoms with Crippen molar-refractivity contribution in [2.45, 2.75) is 52.4 Å². The molecule has 1 unspecified atom stereocenters. The second-order valence-corrected chi connectivity index (χ2v) is 5.22. The van der Waals surface area contributed by atoms with E-state index in [4.69, 9.17) is 27.4 Å². The van der Waals surface area contributed by atoms with Crippen molar-refractivity contribution in [2.24, 2.45) is 5.92 Å². The summed E-state index contributed by atoms with van der Waals surface area (Å²) in [4.78, 5) is 21.4. The first-order chi connectivity index (χ1) is 9.60. The summed E-state index contributed by atoms with van der Waals surface area (Å²) in [7, 11) is -5.17. The number of aliphatic carboxylic acids is 1. The van der Waals surface area contributed by atoms with E-state index in [-0.39, 0.29) is 72.0 Å². The van der Waals surface area contributed by atoms with Crippen molar-refractivity contribution in [2.75, 3.05) is 6.61 Å². The Morgan fingerprint density at radius 1 is 1.13 bits per heavy atom. The predicted octanol–water partition coefficient (Wildman–Crippen LogP) is -4.72. The van der Waals surface area contributed by atoms with Gasteiger partial charge in [-0.2, -0.15) is 0 Å². The summed E-state index contributed by atoms with van der Waals surface area (Å²) in [5.74, 6) is -0.957. The number of hydrogen-bond acceptors (Lipinski definition) is 7. The van der Waals surface area contributed by atoms with Crippen molar-refractivity contribution >= 4 is 22.3 Å². The van der Waals surface area contributed by atoms with Gasteiger partial charge in [0.1, 0.15) is 0 Å². The van der Waals surface area contributed by atoms with Gasteiger partial charge < -0.3 is 18.9 Å². The predicted molar refractivity (Wildman–Crippen MR) is 71.6 cm³/mol. The van der Waals surface area contributed by atoms with Crippen LogP contribution in [0.1, 0.15) is 52.4 Å². The molecule has 1 atom stereocenters. The Labute approximate surface area is 181 Å². The molecule has 11 heteroatoms. The van der Waals surface area contributed by atoms with Gasteiger partial charge in [-0.3, -0.25) is 18.0 Å². The quantitative estimate of drug-likeness (QED) is 0.184. The van der Waals surface area contributed by atoms with E-state index < -0.39 is 22.3 Å². The van der Waals surface area contributed by atoms with Gasteiger partial charge in [-0.05, 0) is 12.3 Å². The van der Waals surface area contributed by atoms with Crippen molar-refractivity contribution in [3.8, 4) is 0 Å². The number of rotatable bonds is 9. The van der Waals surface area contributed by atoms with E-state index in [0.29, 0.717) is 12.5 Å². The molecule has 0 radical (unpaired) electrons. The number of hydrogen-bond donors (Lipinski definition) is 1. The first-order valence-corrected chi connectivity index (χ1v) is 7.97. The van der Waals surface area contributed by atoms with E-state index >= 15 is 0 Å². The molecule has 0 aliphatic carbocycles. The first kappa shape index (κ1) is 31.6. The van der Waals surface area contributed by atoms with Crippen molar-refractivity contribution in [1.82, 2.24) is 0 Å². The van der Waals surface area contributed by atoms with Crippen LogP contribution in [0.2, 0.25) is 0 Å². The molecule has 0 saturated heterocycles. The number of ether oxygens (including phenoxy) is 1. The fourth-order valence-corrected chi connectivity index (χ4v) is 1.39. The zero-order valence-corrected chi connectivity index (χ0v) is 19.1. The first-order valence-electron chi connectivity index (χ1n) is 6.64. The Kier molecular flexibility index (Phi) is 26.3. The standard InChI is InChI=1S/C12H22O4.2Na.H2O4S/c1-3-5-6-10(4-2)9-16-12(15)8-7-11(13)14;;;1-5(2,3)4/h10H,3-9H2,1-2H3,(H,13,14);;;(H2,1,2,3,4)/q;2*+1;/p-2. The van der Waals surface area contributed by atoms with Crippen LogP contribution in [0.4, 0.5) is 0 Å². The number of esters is 1. The van der Waals surface area contributed by atoms with Crippen molar-refractivity contribution < 1.29 is 96.1 Å². The fourth-order valence-electron chi connectivity index (χ4n) is 1.39. The van der Waals surface area contributed by atoms with Crippen LogP contribution in [0.15, 0.2) is 0 Å². The van der Waals surface area contributed by atoms with Gasteiger partial charge in [0, 0.05) is 10.4 Å². The molecule has 0 rings (SSSR count). The Hall–Kier alpha value is 0.810. The number of carbonyl (C=O) groups excluding carboxylic acids is 1. The number of carbonyl (C=O) groups is 2. The van der Waals surface area contributed by atoms with Gasteiger partial charge in [0.25, 0.3) is 0 Å². The fraction of sp³-hybridized carbons (Fsp3) is 0.833. The van der Waals surface area contributed by atoms with Crippen LogP contribution < -0.4 is 59.1 Å². The minimum atomic E-state index is -5.17. The summed E-state index contributed by atoms with van der Waals surface area (Å²) in [5, 5.41) is 8.39. The Morgan fingerprint density at radius 3 is 1.96 bits per heavy atom. The van der Waals surface area contributed by atoms with E-state index in [2.05, 4.69) is 13.8 Å². The summed E-state index contributed by atoms with van der Waals surface area (Å²) in [6, 6.07) is 0. The van der Waals surface area contributed by atoms with E-state index in [0.717, 1.165) is 25.7 Å². The third kappa shape index (κ3) is 35.0. The normalized spacial score (nSPS) is 11.0. The molecule has 0 fully saturated rings. The van der Waals surface area contributed by atoms with Gasteiger partial charge in [-0.25, -0.2) is 0 Å². The van der Waals surface area contributed by atoms with Gasteiger partial charge in [0.15, 0.2) is 0 Å². The number of carboxylic acid groups (broad SMARTS) is 1. The molecule has 0 spiro atoms. The van der Waals surface area contributed by atoms with Crippen molar-refractivity contribution in [1.29, 1.82) is 0 Å². The summed E-state index contributed by atoms with van der Waals surface area (Å²) in [6.07, 6.45) is 4.17. The molecule has 0 saturated carbocycles. The molecule has 0 heterocycles. The van der Waals surface area contributed by atoms with Gasteiger partial charge >= 0.3 is 71.1 Å². The van der Waals surface area contributed by atoms with Crippen molar-refractivity contribution in [3.63, 3.8) is 0 Å². The zero-order valence-electron chi connectivity index (χ0n) is 14.2. The van der Waals surface area contributed by atoms with Gasteiger partial charge in [0.2, 0.25) is 0 Å². The molecule has 0 amide bonds. The van der Waals surface area contributed by atoms with Crippen LogP contribution in [0, 0.1) is 5.92 Å². The molecule has 126 valence electrons. The second kappa shape index (κ2) is 19.1. The molecule has 8 nitrogen and oxygen atoms in total. The summed E-state index contributed by atoms with van der Waals surface area (Å²) < 4.78 is 39.1. The van der Waals surface area contributed by atoms with Crippen LogP contribution in [0.3, 0.4) is 0 Å². The van der Waals surface area contributed by atoms with E-state index in [9.17, 15) is 9.59 Å². The average molecular weight is 372 g/mol. The van der Waals surface area contributed by atoms with Gasteiger partial charge in [-0.15, -0.1) is 0 Å². The van der Waals surface area contributed by atoms with Crippen LogP contribution in [0.25, 0.3) is 0 Å². The van der Waals surface area contributed by atoms with E-state index in [1.165, 1.54) is 0 Å². The molecule has 0 aliphatic rings. The Balaban J connectivity index is -0.000000225. The minimum absolute atomic E-state index is 0. The van der Waals surface area contributed by atoms with E-state index in [1.807, 2.05) is 0 Å². The largest absolute Gasteiger partial charge is 1.00 e. The Bertz CT molecular complexity index is 392. The number of carboxylic acids is 1. The minimum Gasteiger partial charge on any atom is -0.759 e. The molecule has 0 aromatic rings. The number of unbranched alkanes of at least 4 members (excludes halogenated alkanes) is 1. The molecule has 0 aliphatic heterocycles. The Morgan fingerprint density at radius 2 is 1.61 bits per heavy atom. The summed E-state index contributed by atoms with van der Waals surface area (Å²) in [5.41, 5.74) is 0. The van der Waals surface area contributed by atoms with Crippen LogP contribution in [-0.4, -0.2) is 41.2 Å². The third-order valence-corrected chi connectivity index (χ3v) is 2.57. The van der Waals surface area contributed by atoms with E-state index in [1.54, 1.807) is 0 Å². The average Bonchev–Trinajstić information content (AvgIpc) is 2.34. The molecule has 1 N–H and O–H groups in total. The molecular formula is C12H22Na2O8S. The topological polar surface area (TPSA) is 144 Å².